The highest BCUT2D eigenvalue weighted by atomic mass is 32.1. The number of urea groups is 1. The molecule has 0 spiro atoms. The van der Waals surface area contributed by atoms with E-state index in [4.69, 9.17) is 14.2 Å². The van der Waals surface area contributed by atoms with Crippen LogP contribution in [-0.4, -0.2) is 36.8 Å². The molecule has 1 atom stereocenters. The molecule has 196 valence electrons. The molecule has 0 fully saturated rings. The highest BCUT2D eigenvalue weighted by molar-refractivity contribution is 7.15. The SMILES string of the molecule is COc1cccc(C2c3cccn3-c3sc4c(c3CN2C(=O)Nc2ccc(OC)c(OC)c2)CCCC4)c1. The first-order valence-electron chi connectivity index (χ1n) is 12.9. The molecule has 2 aromatic heterocycles. The zero-order chi connectivity index (χ0) is 26.2. The second-order valence-electron chi connectivity index (χ2n) is 9.60. The molecule has 8 heteroatoms. The van der Waals surface area contributed by atoms with E-state index in [1.165, 1.54) is 33.8 Å². The Bertz CT molecular complexity index is 1490. The molecule has 1 aliphatic heterocycles. The summed E-state index contributed by atoms with van der Waals surface area (Å²) in [5.41, 5.74) is 5.37. The lowest BCUT2D eigenvalue weighted by atomic mass is 9.95. The minimum Gasteiger partial charge on any atom is -0.497 e. The standard InChI is InChI=1S/C30H31N3O4S/c1-35-21-9-6-8-19(16-21)28-24-11-7-15-32(24)29-23(22-10-4-5-12-27(22)38-29)18-33(28)30(34)31-20-13-14-25(36-2)26(17-20)37-3/h6-9,11,13-17,28H,4-5,10,12,18H2,1-3H3,(H,31,34). The van der Waals surface area contributed by atoms with Crippen LogP contribution in [-0.2, 0) is 19.4 Å². The van der Waals surface area contributed by atoms with Crippen molar-refractivity contribution in [2.45, 2.75) is 38.3 Å². The van der Waals surface area contributed by atoms with Crippen molar-refractivity contribution in [3.63, 3.8) is 0 Å². The number of nitrogens with one attached hydrogen (secondary N) is 1. The molecule has 1 N–H and O–H groups in total. The number of aryl methyl sites for hydroxylation is 1. The number of fused-ring (bicyclic) bond motifs is 5. The Morgan fingerprint density at radius 1 is 0.921 bits per heavy atom. The molecule has 7 nitrogen and oxygen atoms in total. The minimum absolute atomic E-state index is 0.179. The van der Waals surface area contributed by atoms with E-state index in [-0.39, 0.29) is 12.1 Å². The van der Waals surface area contributed by atoms with Gasteiger partial charge >= 0.3 is 6.03 Å². The maximum absolute atomic E-state index is 14.1. The van der Waals surface area contributed by atoms with Crippen LogP contribution in [0.15, 0.2) is 60.8 Å². The van der Waals surface area contributed by atoms with Gasteiger partial charge in [0.1, 0.15) is 10.8 Å². The largest absolute Gasteiger partial charge is 0.497 e. The molecule has 2 amide bonds. The zero-order valence-corrected chi connectivity index (χ0v) is 22.6. The summed E-state index contributed by atoms with van der Waals surface area (Å²) in [6.07, 6.45) is 6.71. The van der Waals surface area contributed by atoms with E-state index in [0.29, 0.717) is 23.7 Å². The van der Waals surface area contributed by atoms with Crippen molar-refractivity contribution in [2.24, 2.45) is 0 Å². The number of benzene rings is 2. The van der Waals surface area contributed by atoms with E-state index in [1.54, 1.807) is 33.5 Å². The number of thiophene rings is 1. The van der Waals surface area contributed by atoms with Crippen molar-refractivity contribution >= 4 is 23.1 Å². The summed E-state index contributed by atoms with van der Waals surface area (Å²) >= 11 is 1.88. The third kappa shape index (κ3) is 4.19. The van der Waals surface area contributed by atoms with Crippen molar-refractivity contribution in [3.05, 3.63) is 88.1 Å². The Kier molecular flexibility index (Phi) is 6.49. The van der Waals surface area contributed by atoms with E-state index < -0.39 is 0 Å². The average Bonchev–Trinajstić information content (AvgIpc) is 3.54. The lowest BCUT2D eigenvalue weighted by Gasteiger charge is -2.31. The minimum atomic E-state index is -0.306. The van der Waals surface area contributed by atoms with Crippen molar-refractivity contribution in [3.8, 4) is 22.2 Å². The van der Waals surface area contributed by atoms with Crippen LogP contribution in [0.25, 0.3) is 5.00 Å². The van der Waals surface area contributed by atoms with Crippen LogP contribution in [0.5, 0.6) is 17.2 Å². The van der Waals surface area contributed by atoms with Crippen molar-refractivity contribution in [1.29, 1.82) is 0 Å². The number of hydrogen-bond acceptors (Lipinski definition) is 5. The van der Waals surface area contributed by atoms with Gasteiger partial charge in [0.05, 0.1) is 39.6 Å². The lowest BCUT2D eigenvalue weighted by molar-refractivity contribution is 0.194. The molecule has 1 unspecified atom stereocenters. The zero-order valence-electron chi connectivity index (χ0n) is 21.8. The molecule has 0 bridgehead atoms. The predicted octanol–water partition coefficient (Wildman–Crippen LogP) is 6.58. The lowest BCUT2D eigenvalue weighted by Crippen LogP contribution is -2.38. The van der Waals surface area contributed by atoms with E-state index in [9.17, 15) is 4.79 Å². The maximum Gasteiger partial charge on any atom is 0.322 e. The summed E-state index contributed by atoms with van der Waals surface area (Å²) in [4.78, 5) is 17.6. The Morgan fingerprint density at radius 2 is 1.76 bits per heavy atom. The summed E-state index contributed by atoms with van der Waals surface area (Å²) in [5.74, 6) is 1.94. The number of amides is 2. The van der Waals surface area contributed by atoms with Gasteiger partial charge in [-0.25, -0.2) is 4.79 Å². The summed E-state index contributed by atoms with van der Waals surface area (Å²) in [6.45, 7) is 0.518. The van der Waals surface area contributed by atoms with Gasteiger partial charge in [-0.3, -0.25) is 0 Å². The fraction of sp³-hybridized carbons (Fsp3) is 0.300. The molecule has 2 aliphatic rings. The molecule has 0 saturated carbocycles. The second-order valence-corrected chi connectivity index (χ2v) is 10.7. The van der Waals surface area contributed by atoms with Crippen LogP contribution in [0.2, 0.25) is 0 Å². The molecule has 4 aromatic rings. The first-order valence-corrected chi connectivity index (χ1v) is 13.7. The fourth-order valence-corrected chi connectivity index (χ4v) is 7.06. The molecule has 3 heterocycles. The van der Waals surface area contributed by atoms with Gasteiger partial charge in [-0.1, -0.05) is 12.1 Å². The number of hydrogen-bond donors (Lipinski definition) is 1. The van der Waals surface area contributed by atoms with E-state index in [2.05, 4.69) is 34.3 Å². The predicted molar refractivity (Wildman–Crippen MR) is 149 cm³/mol. The fourth-order valence-electron chi connectivity index (χ4n) is 5.66. The average molecular weight is 530 g/mol. The molecule has 38 heavy (non-hydrogen) atoms. The first kappa shape index (κ1) is 24.4. The monoisotopic (exact) mass is 529 g/mol. The maximum atomic E-state index is 14.1. The third-order valence-corrected chi connectivity index (χ3v) is 8.82. The summed E-state index contributed by atoms with van der Waals surface area (Å²) in [5, 5.41) is 4.36. The molecule has 0 radical (unpaired) electrons. The first-order chi connectivity index (χ1) is 18.6. The Labute approximate surface area is 226 Å². The number of carbonyl (C=O) groups is 1. The van der Waals surface area contributed by atoms with Gasteiger partial charge < -0.3 is 29.0 Å². The summed E-state index contributed by atoms with van der Waals surface area (Å²) < 4.78 is 18.7. The quantitative estimate of drug-likeness (QED) is 0.317. The van der Waals surface area contributed by atoms with Crippen LogP contribution in [0, 0.1) is 0 Å². The van der Waals surface area contributed by atoms with E-state index in [0.717, 1.165) is 29.8 Å². The smallest absolute Gasteiger partial charge is 0.322 e. The van der Waals surface area contributed by atoms with Gasteiger partial charge in [0.15, 0.2) is 11.5 Å². The number of carbonyl (C=O) groups excluding carboxylic acids is 1. The van der Waals surface area contributed by atoms with Gasteiger partial charge in [0.2, 0.25) is 0 Å². The summed E-state index contributed by atoms with van der Waals surface area (Å²) in [6, 6.07) is 17.1. The van der Waals surface area contributed by atoms with Crippen LogP contribution >= 0.6 is 11.3 Å². The number of rotatable bonds is 5. The molecular weight excluding hydrogens is 498 g/mol. The molecule has 1 aliphatic carbocycles. The van der Waals surface area contributed by atoms with Crippen molar-refractivity contribution in [1.82, 2.24) is 9.47 Å². The van der Waals surface area contributed by atoms with E-state index >= 15 is 0 Å². The van der Waals surface area contributed by atoms with Crippen LogP contribution in [0.1, 0.15) is 46.1 Å². The number of ether oxygens (including phenoxy) is 3. The normalized spacial score (nSPS) is 16.1. The number of anilines is 1. The van der Waals surface area contributed by atoms with Gasteiger partial charge in [0.25, 0.3) is 0 Å². The van der Waals surface area contributed by atoms with Crippen LogP contribution in [0.4, 0.5) is 10.5 Å². The van der Waals surface area contributed by atoms with Gasteiger partial charge in [-0.15, -0.1) is 11.3 Å². The molecule has 2 aromatic carbocycles. The number of aromatic nitrogens is 1. The second kappa shape index (κ2) is 10.1. The van der Waals surface area contributed by atoms with E-state index in [1.807, 2.05) is 40.5 Å². The van der Waals surface area contributed by atoms with Gasteiger partial charge in [-0.05, 0) is 73.2 Å². The topological polar surface area (TPSA) is 65.0 Å². The van der Waals surface area contributed by atoms with Crippen molar-refractivity contribution in [2.75, 3.05) is 26.6 Å². The Morgan fingerprint density at radius 3 is 2.58 bits per heavy atom. The Balaban J connectivity index is 1.47. The van der Waals surface area contributed by atoms with Crippen LogP contribution < -0.4 is 19.5 Å². The van der Waals surface area contributed by atoms with Gasteiger partial charge in [0, 0.05) is 28.4 Å². The molecule has 0 saturated heterocycles. The number of nitrogens with zero attached hydrogens (tertiary/aromatic N) is 2. The van der Waals surface area contributed by atoms with Crippen LogP contribution in [0.3, 0.4) is 0 Å². The highest BCUT2D eigenvalue weighted by Crippen LogP contribution is 2.44. The summed E-state index contributed by atoms with van der Waals surface area (Å²) in [7, 11) is 4.85. The van der Waals surface area contributed by atoms with Gasteiger partial charge in [-0.2, -0.15) is 0 Å². The number of methoxy groups -OCH3 is 3. The molecular formula is C30H31N3O4S. The molecule has 6 rings (SSSR count). The van der Waals surface area contributed by atoms with Crippen molar-refractivity contribution < 1.29 is 19.0 Å². The highest BCUT2D eigenvalue weighted by Gasteiger charge is 2.36. The third-order valence-electron chi connectivity index (χ3n) is 7.48. The Hall–Kier alpha value is -3.91.